The van der Waals surface area contributed by atoms with Crippen LogP contribution in [0.1, 0.15) is 32.1 Å². The maximum Gasteiger partial charge on any atom is 0.0137 e. The first-order chi connectivity index (χ1) is 5.45. The van der Waals surface area contributed by atoms with Crippen molar-refractivity contribution in [2.24, 2.45) is 5.92 Å². The Balaban J connectivity index is 1.53. The highest BCUT2D eigenvalue weighted by molar-refractivity contribution is 4.95. The Hall–Kier alpha value is -0.300. The predicted molar refractivity (Wildman–Crippen MR) is 47.5 cm³/mol. The minimum atomic E-state index is 0.862. The molecule has 1 nitrogen and oxygen atoms in total. The van der Waals surface area contributed by atoms with Gasteiger partial charge in [-0.15, -0.1) is 0 Å². The van der Waals surface area contributed by atoms with Crippen LogP contribution in [0.4, 0.5) is 0 Å². The molecular formula is C10H17N. The van der Waals surface area contributed by atoms with Gasteiger partial charge in [0, 0.05) is 12.6 Å². The number of hydrogen-bond acceptors (Lipinski definition) is 1. The minimum absolute atomic E-state index is 0.862. The Morgan fingerprint density at radius 2 is 2.00 bits per heavy atom. The van der Waals surface area contributed by atoms with Gasteiger partial charge in [0.25, 0.3) is 0 Å². The van der Waals surface area contributed by atoms with Crippen LogP contribution in [0.15, 0.2) is 12.2 Å². The van der Waals surface area contributed by atoms with E-state index in [2.05, 4.69) is 17.5 Å². The number of nitrogens with one attached hydrogen (secondary N) is 1. The van der Waals surface area contributed by atoms with Crippen molar-refractivity contribution in [3.05, 3.63) is 12.2 Å². The van der Waals surface area contributed by atoms with E-state index in [-0.39, 0.29) is 0 Å². The van der Waals surface area contributed by atoms with Crippen molar-refractivity contribution in [2.45, 2.75) is 38.1 Å². The average Bonchev–Trinajstić information content (AvgIpc) is 2.66. The minimum Gasteiger partial charge on any atom is -0.311 e. The monoisotopic (exact) mass is 151 g/mol. The van der Waals surface area contributed by atoms with Gasteiger partial charge in [0.1, 0.15) is 0 Å². The molecule has 0 amide bonds. The predicted octanol–water partition coefficient (Wildman–Crippen LogP) is 2.09. The summed E-state index contributed by atoms with van der Waals surface area (Å²) in [6.07, 6.45) is 11.8. The normalized spacial score (nSPS) is 25.8. The molecule has 0 bridgehead atoms. The van der Waals surface area contributed by atoms with Crippen molar-refractivity contribution >= 4 is 0 Å². The average molecular weight is 151 g/mol. The molecule has 0 radical (unpaired) electrons. The highest BCUT2D eigenvalue weighted by Gasteiger charge is 2.19. The Kier molecular flexibility index (Phi) is 2.27. The van der Waals surface area contributed by atoms with Crippen LogP contribution in [0, 0.1) is 5.92 Å². The zero-order chi connectivity index (χ0) is 7.52. The standard InChI is InChI=1S/C10H17N/c1-3-9(4-1)5-2-8-11-10-6-7-10/h2,5,9-11H,1,3-4,6-8H2/b5-2+. The molecule has 0 aliphatic heterocycles. The highest BCUT2D eigenvalue weighted by Crippen LogP contribution is 2.27. The van der Waals surface area contributed by atoms with Gasteiger partial charge in [-0.3, -0.25) is 0 Å². The van der Waals surface area contributed by atoms with Gasteiger partial charge in [-0.05, 0) is 31.6 Å². The summed E-state index contributed by atoms with van der Waals surface area (Å²) >= 11 is 0. The second-order valence-corrected chi connectivity index (χ2v) is 3.80. The van der Waals surface area contributed by atoms with Crippen LogP contribution in [0.5, 0.6) is 0 Å². The van der Waals surface area contributed by atoms with Crippen molar-refractivity contribution < 1.29 is 0 Å². The van der Waals surface area contributed by atoms with Gasteiger partial charge in [-0.25, -0.2) is 0 Å². The van der Waals surface area contributed by atoms with E-state index in [0.29, 0.717) is 0 Å². The van der Waals surface area contributed by atoms with Gasteiger partial charge in [0.15, 0.2) is 0 Å². The molecule has 0 spiro atoms. The Morgan fingerprint density at radius 1 is 1.18 bits per heavy atom. The lowest BCUT2D eigenvalue weighted by molar-refractivity contribution is 0.387. The number of allylic oxidation sites excluding steroid dienone is 1. The van der Waals surface area contributed by atoms with Gasteiger partial charge >= 0.3 is 0 Å². The maximum absolute atomic E-state index is 3.47. The summed E-state index contributed by atoms with van der Waals surface area (Å²) < 4.78 is 0. The Morgan fingerprint density at radius 3 is 2.55 bits per heavy atom. The molecule has 0 atom stereocenters. The topological polar surface area (TPSA) is 12.0 Å². The second-order valence-electron chi connectivity index (χ2n) is 3.80. The Bertz CT molecular complexity index is 143. The van der Waals surface area contributed by atoms with E-state index >= 15 is 0 Å². The van der Waals surface area contributed by atoms with Gasteiger partial charge in [0.2, 0.25) is 0 Å². The van der Waals surface area contributed by atoms with E-state index in [1.54, 1.807) is 0 Å². The molecule has 0 saturated heterocycles. The van der Waals surface area contributed by atoms with Crippen molar-refractivity contribution in [1.82, 2.24) is 5.32 Å². The van der Waals surface area contributed by atoms with Crippen LogP contribution >= 0.6 is 0 Å². The van der Waals surface area contributed by atoms with Crippen LogP contribution in [0.2, 0.25) is 0 Å². The first kappa shape index (κ1) is 7.35. The smallest absolute Gasteiger partial charge is 0.0137 e. The molecule has 0 heterocycles. The van der Waals surface area contributed by atoms with E-state index in [1.165, 1.54) is 32.1 Å². The fourth-order valence-corrected chi connectivity index (χ4v) is 1.41. The first-order valence-electron chi connectivity index (χ1n) is 4.85. The fourth-order valence-electron chi connectivity index (χ4n) is 1.41. The molecule has 0 unspecified atom stereocenters. The van der Waals surface area contributed by atoms with Crippen molar-refractivity contribution in [3.8, 4) is 0 Å². The second kappa shape index (κ2) is 3.40. The lowest BCUT2D eigenvalue weighted by Crippen LogP contribution is -2.16. The van der Waals surface area contributed by atoms with Crippen molar-refractivity contribution in [1.29, 1.82) is 0 Å². The first-order valence-corrected chi connectivity index (χ1v) is 4.85. The van der Waals surface area contributed by atoms with Crippen LogP contribution in [0.3, 0.4) is 0 Å². The molecule has 1 heteroatoms. The zero-order valence-electron chi connectivity index (χ0n) is 7.05. The summed E-state index contributed by atoms with van der Waals surface area (Å²) in [6, 6.07) is 0.862. The molecule has 62 valence electrons. The molecule has 0 aromatic heterocycles. The Labute approximate surface area is 68.9 Å². The maximum atomic E-state index is 3.47. The van der Waals surface area contributed by atoms with Crippen molar-refractivity contribution in [2.75, 3.05) is 6.54 Å². The van der Waals surface area contributed by atoms with E-state index in [0.717, 1.165) is 18.5 Å². The summed E-state index contributed by atoms with van der Waals surface area (Å²) in [5.74, 6) is 0.927. The van der Waals surface area contributed by atoms with Gasteiger partial charge in [-0.1, -0.05) is 18.6 Å². The molecule has 2 aliphatic carbocycles. The molecule has 2 rings (SSSR count). The van der Waals surface area contributed by atoms with E-state index in [1.807, 2.05) is 0 Å². The lowest BCUT2D eigenvalue weighted by atomic mass is 9.85. The van der Waals surface area contributed by atoms with Crippen LogP contribution in [0.25, 0.3) is 0 Å². The third-order valence-electron chi connectivity index (χ3n) is 2.66. The summed E-state index contributed by atoms with van der Waals surface area (Å²) in [4.78, 5) is 0. The summed E-state index contributed by atoms with van der Waals surface area (Å²) in [7, 11) is 0. The molecule has 2 fully saturated rings. The summed E-state index contributed by atoms with van der Waals surface area (Å²) in [6.45, 7) is 1.10. The third-order valence-corrected chi connectivity index (χ3v) is 2.66. The molecule has 0 aromatic carbocycles. The van der Waals surface area contributed by atoms with Crippen LogP contribution in [-0.2, 0) is 0 Å². The van der Waals surface area contributed by atoms with Crippen molar-refractivity contribution in [3.63, 3.8) is 0 Å². The number of rotatable bonds is 4. The molecule has 1 N–H and O–H groups in total. The molecule has 2 aliphatic rings. The van der Waals surface area contributed by atoms with E-state index < -0.39 is 0 Å². The van der Waals surface area contributed by atoms with Gasteiger partial charge in [-0.2, -0.15) is 0 Å². The van der Waals surface area contributed by atoms with Gasteiger partial charge in [0.05, 0.1) is 0 Å². The molecule has 11 heavy (non-hydrogen) atoms. The largest absolute Gasteiger partial charge is 0.311 e. The summed E-state index contributed by atoms with van der Waals surface area (Å²) in [5, 5.41) is 3.47. The quantitative estimate of drug-likeness (QED) is 0.607. The van der Waals surface area contributed by atoms with E-state index in [9.17, 15) is 0 Å². The van der Waals surface area contributed by atoms with E-state index in [4.69, 9.17) is 0 Å². The zero-order valence-corrected chi connectivity index (χ0v) is 7.05. The van der Waals surface area contributed by atoms with Gasteiger partial charge < -0.3 is 5.32 Å². The van der Waals surface area contributed by atoms with Crippen LogP contribution < -0.4 is 5.32 Å². The highest BCUT2D eigenvalue weighted by atomic mass is 14.9. The molecule has 0 aromatic rings. The fraction of sp³-hybridized carbons (Fsp3) is 0.800. The third kappa shape index (κ3) is 2.33. The number of hydrogen-bond donors (Lipinski definition) is 1. The SMILES string of the molecule is C(=C\C1CCC1)/CNC1CC1. The summed E-state index contributed by atoms with van der Waals surface area (Å²) in [5.41, 5.74) is 0. The lowest BCUT2D eigenvalue weighted by Gasteiger charge is -2.21. The molecule has 2 saturated carbocycles. The van der Waals surface area contributed by atoms with Crippen LogP contribution in [-0.4, -0.2) is 12.6 Å². The molecular weight excluding hydrogens is 134 g/mol.